The summed E-state index contributed by atoms with van der Waals surface area (Å²) >= 11 is 0. The highest BCUT2D eigenvalue weighted by molar-refractivity contribution is 5.78. The first kappa shape index (κ1) is 18.6. The number of rotatable bonds is 4. The van der Waals surface area contributed by atoms with Crippen LogP contribution in [0.2, 0.25) is 0 Å². The van der Waals surface area contributed by atoms with Crippen molar-refractivity contribution >= 4 is 22.1 Å². The number of fused-ring (bicyclic) bond motifs is 2. The monoisotopic (exact) mass is 396 g/mol. The molecule has 0 fully saturated rings. The third-order valence-electron chi connectivity index (χ3n) is 6.25. The van der Waals surface area contributed by atoms with Crippen LogP contribution in [0.15, 0.2) is 72.8 Å². The zero-order valence-electron chi connectivity index (χ0n) is 18.1. The minimum Gasteiger partial charge on any atom is -0.226 e. The van der Waals surface area contributed by atoms with Gasteiger partial charge in [-0.1, -0.05) is 24.3 Å². The maximum absolute atomic E-state index is 2.40. The van der Waals surface area contributed by atoms with Gasteiger partial charge in [0.15, 0.2) is 22.1 Å². The van der Waals surface area contributed by atoms with Crippen molar-refractivity contribution in [3.63, 3.8) is 0 Å². The molecule has 5 aromatic rings. The second-order valence-corrected chi connectivity index (χ2v) is 7.81. The molecule has 0 aliphatic rings. The van der Waals surface area contributed by atoms with Crippen LogP contribution < -0.4 is 9.13 Å². The molecule has 2 heterocycles. The number of aromatic nitrogens is 4. The lowest BCUT2D eigenvalue weighted by Crippen LogP contribution is -2.30. The topological polar surface area (TPSA) is 17.6 Å². The minimum absolute atomic E-state index is 0.942. The predicted octanol–water partition coefficient (Wildman–Crippen LogP) is 4.62. The van der Waals surface area contributed by atoms with Gasteiger partial charge < -0.3 is 0 Å². The van der Waals surface area contributed by atoms with Crippen molar-refractivity contribution in [1.82, 2.24) is 9.13 Å². The van der Waals surface area contributed by atoms with Gasteiger partial charge in [0, 0.05) is 0 Å². The summed E-state index contributed by atoms with van der Waals surface area (Å²) in [6.45, 7) is 6.31. The first-order valence-corrected chi connectivity index (χ1v) is 10.7. The fourth-order valence-corrected chi connectivity index (χ4v) is 4.88. The van der Waals surface area contributed by atoms with Crippen molar-refractivity contribution in [2.24, 2.45) is 14.1 Å². The zero-order chi connectivity index (χ0) is 20.8. The van der Waals surface area contributed by atoms with E-state index in [9.17, 15) is 0 Å². The largest absolute Gasteiger partial charge is 0.289 e. The molecule has 0 bridgehead atoms. The van der Waals surface area contributed by atoms with Crippen LogP contribution in [0.3, 0.4) is 0 Å². The van der Waals surface area contributed by atoms with Gasteiger partial charge in [-0.05, 0) is 62.4 Å². The maximum Gasteiger partial charge on any atom is 0.289 e. The molecule has 5 rings (SSSR count). The molecular formula is C26H28N4+2. The van der Waals surface area contributed by atoms with Crippen LogP contribution in [-0.2, 0) is 27.2 Å². The lowest BCUT2D eigenvalue weighted by Gasteiger charge is -2.04. The van der Waals surface area contributed by atoms with E-state index < -0.39 is 0 Å². The summed E-state index contributed by atoms with van der Waals surface area (Å²) in [6.07, 6.45) is 0. The Kier molecular flexibility index (Phi) is 4.43. The second-order valence-electron chi connectivity index (χ2n) is 7.81. The molecular weight excluding hydrogens is 368 g/mol. The molecule has 0 saturated heterocycles. The quantitative estimate of drug-likeness (QED) is 0.395. The molecule has 0 aliphatic heterocycles. The number of para-hydroxylation sites is 4. The predicted molar refractivity (Wildman–Crippen MR) is 122 cm³/mol. The molecule has 0 N–H and O–H groups in total. The number of aryl methyl sites for hydroxylation is 4. The lowest BCUT2D eigenvalue weighted by molar-refractivity contribution is -0.634. The van der Waals surface area contributed by atoms with Gasteiger partial charge in [-0.25, -0.2) is 18.3 Å². The molecule has 0 spiro atoms. The van der Waals surface area contributed by atoms with Crippen molar-refractivity contribution in [1.29, 1.82) is 0 Å². The highest BCUT2D eigenvalue weighted by Gasteiger charge is 2.25. The van der Waals surface area contributed by atoms with E-state index in [1.165, 1.54) is 44.8 Å². The third kappa shape index (κ3) is 2.60. The Morgan fingerprint density at radius 3 is 1.30 bits per heavy atom. The van der Waals surface area contributed by atoms with Crippen LogP contribution >= 0.6 is 0 Å². The van der Waals surface area contributed by atoms with Crippen molar-refractivity contribution in [3.05, 3.63) is 72.8 Å². The first-order chi connectivity index (χ1) is 14.7. The van der Waals surface area contributed by atoms with E-state index in [4.69, 9.17) is 0 Å². The van der Waals surface area contributed by atoms with E-state index in [-0.39, 0.29) is 0 Å². The highest BCUT2D eigenvalue weighted by Crippen LogP contribution is 2.27. The van der Waals surface area contributed by atoms with Gasteiger partial charge >= 0.3 is 0 Å². The van der Waals surface area contributed by atoms with Crippen molar-refractivity contribution in [2.75, 3.05) is 0 Å². The number of hydrogen-bond donors (Lipinski definition) is 0. The van der Waals surface area contributed by atoms with Gasteiger partial charge in [-0.2, -0.15) is 0 Å². The average molecular weight is 397 g/mol. The minimum atomic E-state index is 0.942. The van der Waals surface area contributed by atoms with Crippen LogP contribution in [0, 0.1) is 0 Å². The Bertz CT molecular complexity index is 1260. The summed E-state index contributed by atoms with van der Waals surface area (Å²) in [7, 11) is 4.32. The molecule has 3 aromatic carbocycles. The van der Waals surface area contributed by atoms with Crippen LogP contribution in [-0.4, -0.2) is 9.13 Å². The zero-order valence-corrected chi connectivity index (χ0v) is 18.1. The summed E-state index contributed by atoms with van der Waals surface area (Å²) in [5.74, 6) is 2.48. The molecule has 0 unspecified atom stereocenters. The Morgan fingerprint density at radius 2 is 0.933 bits per heavy atom. The fraction of sp³-hybridized carbons (Fsp3) is 0.231. The van der Waals surface area contributed by atoms with E-state index >= 15 is 0 Å². The van der Waals surface area contributed by atoms with Crippen molar-refractivity contribution in [3.8, 4) is 22.8 Å². The van der Waals surface area contributed by atoms with Crippen molar-refractivity contribution < 1.29 is 9.13 Å². The SMILES string of the molecule is CCn1c(-c2ccc(-c3n(CC)c4ccccc4[n+]3C)cc2)[n+](C)c2ccccc21. The normalized spacial score (nSPS) is 11.6. The molecule has 2 aromatic heterocycles. The molecule has 4 heteroatoms. The molecule has 0 atom stereocenters. The van der Waals surface area contributed by atoms with Crippen LogP contribution in [0.5, 0.6) is 0 Å². The van der Waals surface area contributed by atoms with Crippen LogP contribution in [0.4, 0.5) is 0 Å². The van der Waals surface area contributed by atoms with Crippen LogP contribution in [0.1, 0.15) is 13.8 Å². The summed E-state index contributed by atoms with van der Waals surface area (Å²) in [5.41, 5.74) is 7.55. The maximum atomic E-state index is 2.40. The summed E-state index contributed by atoms with van der Waals surface area (Å²) in [5, 5.41) is 0. The lowest BCUT2D eigenvalue weighted by atomic mass is 10.1. The summed E-state index contributed by atoms with van der Waals surface area (Å²) in [4.78, 5) is 0. The van der Waals surface area contributed by atoms with Gasteiger partial charge in [0.25, 0.3) is 11.6 Å². The molecule has 4 nitrogen and oxygen atoms in total. The second kappa shape index (κ2) is 7.13. The van der Waals surface area contributed by atoms with E-state index in [2.05, 4.69) is 119 Å². The molecule has 0 saturated carbocycles. The molecule has 0 aliphatic carbocycles. The van der Waals surface area contributed by atoms with Gasteiger partial charge in [0.05, 0.1) is 38.3 Å². The highest BCUT2D eigenvalue weighted by atomic mass is 15.2. The van der Waals surface area contributed by atoms with Gasteiger partial charge in [-0.3, -0.25) is 0 Å². The molecule has 0 radical (unpaired) electrons. The molecule has 0 amide bonds. The molecule has 30 heavy (non-hydrogen) atoms. The fourth-order valence-electron chi connectivity index (χ4n) is 4.88. The average Bonchev–Trinajstić information content (AvgIpc) is 3.25. The van der Waals surface area contributed by atoms with E-state index in [1.54, 1.807) is 0 Å². The van der Waals surface area contributed by atoms with E-state index in [0.717, 1.165) is 13.1 Å². The standard InChI is InChI=1S/C26H28N4/c1-5-29-23-13-9-7-11-21(23)27(3)25(29)19-15-17-20(18-16-19)26-28(4)22-12-8-10-14-24(22)30(26)6-2/h7-18H,5-6H2,1-4H3/q+2. The van der Waals surface area contributed by atoms with E-state index in [1.807, 2.05) is 0 Å². The Labute approximate surface area is 177 Å². The Morgan fingerprint density at radius 1 is 0.567 bits per heavy atom. The summed E-state index contributed by atoms with van der Waals surface area (Å²) in [6, 6.07) is 26.3. The van der Waals surface area contributed by atoms with Crippen molar-refractivity contribution in [2.45, 2.75) is 26.9 Å². The van der Waals surface area contributed by atoms with E-state index in [0.29, 0.717) is 0 Å². The number of imidazole rings is 2. The van der Waals surface area contributed by atoms with Gasteiger partial charge in [0.2, 0.25) is 0 Å². The molecule has 150 valence electrons. The number of hydrogen-bond acceptors (Lipinski definition) is 0. The summed E-state index contributed by atoms with van der Waals surface area (Å²) < 4.78 is 9.40. The number of nitrogens with zero attached hydrogens (tertiary/aromatic N) is 4. The van der Waals surface area contributed by atoms with Gasteiger partial charge in [0.1, 0.15) is 0 Å². The number of benzene rings is 3. The Hall–Kier alpha value is -3.40. The van der Waals surface area contributed by atoms with Crippen LogP contribution in [0.25, 0.3) is 44.8 Å². The first-order valence-electron chi connectivity index (χ1n) is 10.7. The smallest absolute Gasteiger partial charge is 0.226 e. The Balaban J connectivity index is 1.67. The van der Waals surface area contributed by atoms with Gasteiger partial charge in [-0.15, -0.1) is 0 Å². The third-order valence-corrected chi connectivity index (χ3v) is 6.25.